The topological polar surface area (TPSA) is 26.0 Å². The van der Waals surface area contributed by atoms with Gasteiger partial charge in [-0.1, -0.05) is 22.0 Å². The molecule has 0 aliphatic heterocycles. The predicted molar refractivity (Wildman–Crippen MR) is 73.9 cm³/mol. The fourth-order valence-electron chi connectivity index (χ4n) is 1.88. The molecule has 4 heteroatoms. The van der Waals surface area contributed by atoms with Crippen LogP contribution in [0.1, 0.15) is 26.9 Å². The van der Waals surface area contributed by atoms with Crippen LogP contribution in [0.3, 0.4) is 0 Å². The molecule has 1 atom stereocenters. The summed E-state index contributed by atoms with van der Waals surface area (Å²) in [6.45, 7) is 4.12. The average Bonchev–Trinajstić information content (AvgIpc) is 2.57. The van der Waals surface area contributed by atoms with Crippen molar-refractivity contribution < 1.29 is 4.39 Å². The van der Waals surface area contributed by atoms with E-state index in [1.54, 1.807) is 17.4 Å². The fraction of sp³-hybridized carbons (Fsp3) is 0.231. The summed E-state index contributed by atoms with van der Waals surface area (Å²) >= 11 is 5.09. The molecule has 0 amide bonds. The van der Waals surface area contributed by atoms with Crippen LogP contribution in [0.4, 0.5) is 4.39 Å². The Bertz CT molecular complexity index is 550. The minimum Gasteiger partial charge on any atom is -0.320 e. The Balaban J connectivity index is 2.43. The van der Waals surface area contributed by atoms with E-state index in [2.05, 4.69) is 35.8 Å². The van der Waals surface area contributed by atoms with E-state index in [1.807, 2.05) is 0 Å². The number of hydrogen-bond donors (Lipinski definition) is 1. The molecule has 2 N–H and O–H groups in total. The summed E-state index contributed by atoms with van der Waals surface area (Å²) < 4.78 is 13.7. The van der Waals surface area contributed by atoms with Gasteiger partial charge in [-0.05, 0) is 43.2 Å². The Kier molecular flexibility index (Phi) is 3.66. The molecule has 0 saturated heterocycles. The summed E-state index contributed by atoms with van der Waals surface area (Å²) in [7, 11) is 0. The zero-order valence-electron chi connectivity index (χ0n) is 9.63. The normalized spacial score (nSPS) is 12.8. The standard InChI is InChI=1S/C13H13BrFNS/c1-7-5-11(8(2)17-7)13(16)10-4-3-9(15)6-12(10)14/h3-6,13H,16H2,1-2H3. The number of rotatable bonds is 2. The van der Waals surface area contributed by atoms with E-state index in [4.69, 9.17) is 5.73 Å². The van der Waals surface area contributed by atoms with Gasteiger partial charge in [0.1, 0.15) is 5.82 Å². The van der Waals surface area contributed by atoms with Crippen LogP contribution >= 0.6 is 27.3 Å². The van der Waals surface area contributed by atoms with Gasteiger partial charge in [0, 0.05) is 14.2 Å². The number of nitrogens with two attached hydrogens (primary N) is 1. The van der Waals surface area contributed by atoms with E-state index in [-0.39, 0.29) is 11.9 Å². The molecule has 0 fully saturated rings. The average molecular weight is 314 g/mol. The maximum absolute atomic E-state index is 13.0. The predicted octanol–water partition coefficient (Wildman–Crippen LogP) is 4.31. The summed E-state index contributed by atoms with van der Waals surface area (Å²) in [6, 6.07) is 6.50. The number of hydrogen-bond acceptors (Lipinski definition) is 2. The van der Waals surface area contributed by atoms with Crippen molar-refractivity contribution in [3.8, 4) is 0 Å². The van der Waals surface area contributed by atoms with Crippen molar-refractivity contribution in [1.82, 2.24) is 0 Å². The zero-order valence-corrected chi connectivity index (χ0v) is 12.0. The molecule has 1 unspecified atom stereocenters. The quantitative estimate of drug-likeness (QED) is 0.878. The monoisotopic (exact) mass is 313 g/mol. The van der Waals surface area contributed by atoms with Crippen LogP contribution in [0.2, 0.25) is 0 Å². The van der Waals surface area contributed by atoms with Gasteiger partial charge in [-0.3, -0.25) is 0 Å². The van der Waals surface area contributed by atoms with Gasteiger partial charge in [0.25, 0.3) is 0 Å². The second-order valence-corrected chi connectivity index (χ2v) is 6.33. The first-order valence-electron chi connectivity index (χ1n) is 5.26. The van der Waals surface area contributed by atoms with Gasteiger partial charge in [0.15, 0.2) is 0 Å². The number of thiophene rings is 1. The minimum atomic E-state index is -0.258. The summed E-state index contributed by atoms with van der Waals surface area (Å²) in [4.78, 5) is 2.46. The van der Waals surface area contributed by atoms with Crippen LogP contribution in [-0.2, 0) is 0 Å². The zero-order chi connectivity index (χ0) is 12.6. The highest BCUT2D eigenvalue weighted by atomic mass is 79.9. The molecule has 0 aliphatic rings. The van der Waals surface area contributed by atoms with E-state index < -0.39 is 0 Å². The third-order valence-corrected chi connectivity index (χ3v) is 4.38. The molecular weight excluding hydrogens is 301 g/mol. The van der Waals surface area contributed by atoms with Gasteiger partial charge >= 0.3 is 0 Å². The lowest BCUT2D eigenvalue weighted by Crippen LogP contribution is -2.12. The van der Waals surface area contributed by atoms with Crippen molar-refractivity contribution in [2.75, 3.05) is 0 Å². The van der Waals surface area contributed by atoms with E-state index in [1.165, 1.54) is 21.9 Å². The maximum Gasteiger partial charge on any atom is 0.124 e. The lowest BCUT2D eigenvalue weighted by Gasteiger charge is -2.14. The molecule has 1 heterocycles. The Morgan fingerprint density at radius 1 is 1.24 bits per heavy atom. The molecular formula is C13H13BrFNS. The molecule has 0 saturated carbocycles. The molecule has 0 spiro atoms. The molecule has 1 aromatic carbocycles. The molecule has 1 nitrogen and oxygen atoms in total. The van der Waals surface area contributed by atoms with Crippen LogP contribution in [0.25, 0.3) is 0 Å². The second-order valence-electron chi connectivity index (χ2n) is 4.01. The van der Waals surface area contributed by atoms with Crippen molar-refractivity contribution in [3.63, 3.8) is 0 Å². The highest BCUT2D eigenvalue weighted by Gasteiger charge is 2.16. The lowest BCUT2D eigenvalue weighted by atomic mass is 10.00. The Labute approximate surface area is 113 Å². The molecule has 2 rings (SSSR count). The smallest absolute Gasteiger partial charge is 0.124 e. The summed E-state index contributed by atoms with van der Waals surface area (Å²) in [5.74, 6) is -0.258. The van der Waals surface area contributed by atoms with Crippen molar-refractivity contribution in [2.45, 2.75) is 19.9 Å². The van der Waals surface area contributed by atoms with E-state index in [0.717, 1.165) is 11.1 Å². The van der Waals surface area contributed by atoms with Crippen LogP contribution < -0.4 is 5.73 Å². The number of benzene rings is 1. The number of aryl methyl sites for hydroxylation is 2. The van der Waals surface area contributed by atoms with Crippen molar-refractivity contribution >= 4 is 27.3 Å². The molecule has 0 radical (unpaired) electrons. The van der Waals surface area contributed by atoms with Crippen LogP contribution in [0.15, 0.2) is 28.7 Å². The Morgan fingerprint density at radius 2 is 1.94 bits per heavy atom. The van der Waals surface area contributed by atoms with Gasteiger partial charge in [-0.25, -0.2) is 4.39 Å². The fourth-order valence-corrected chi connectivity index (χ4v) is 3.45. The maximum atomic E-state index is 13.0. The Morgan fingerprint density at radius 3 is 2.47 bits per heavy atom. The van der Waals surface area contributed by atoms with Crippen LogP contribution in [0.5, 0.6) is 0 Å². The summed E-state index contributed by atoms with van der Waals surface area (Å²) in [6.07, 6.45) is 0. The highest BCUT2D eigenvalue weighted by Crippen LogP contribution is 2.32. The van der Waals surface area contributed by atoms with Gasteiger partial charge in [0.2, 0.25) is 0 Å². The largest absolute Gasteiger partial charge is 0.320 e. The van der Waals surface area contributed by atoms with Crippen LogP contribution in [0, 0.1) is 19.7 Å². The number of halogens is 2. The molecule has 1 aromatic heterocycles. The molecule has 2 aromatic rings. The summed E-state index contributed by atoms with van der Waals surface area (Å²) in [5, 5.41) is 0. The van der Waals surface area contributed by atoms with Gasteiger partial charge in [0.05, 0.1) is 6.04 Å². The molecule has 90 valence electrons. The highest BCUT2D eigenvalue weighted by molar-refractivity contribution is 9.10. The van der Waals surface area contributed by atoms with E-state index in [9.17, 15) is 4.39 Å². The van der Waals surface area contributed by atoms with Gasteiger partial charge in [-0.15, -0.1) is 11.3 Å². The minimum absolute atomic E-state index is 0.213. The first-order valence-corrected chi connectivity index (χ1v) is 6.87. The molecule has 17 heavy (non-hydrogen) atoms. The SMILES string of the molecule is Cc1cc(C(N)c2ccc(F)cc2Br)c(C)s1. The van der Waals surface area contributed by atoms with Gasteiger partial charge in [-0.2, -0.15) is 0 Å². The lowest BCUT2D eigenvalue weighted by molar-refractivity contribution is 0.625. The first-order chi connectivity index (χ1) is 7.99. The van der Waals surface area contributed by atoms with Crippen molar-refractivity contribution in [3.05, 3.63) is 55.4 Å². The van der Waals surface area contributed by atoms with Crippen LogP contribution in [-0.4, -0.2) is 0 Å². The van der Waals surface area contributed by atoms with Crippen molar-refractivity contribution in [1.29, 1.82) is 0 Å². The van der Waals surface area contributed by atoms with Gasteiger partial charge < -0.3 is 5.73 Å². The molecule has 0 aliphatic carbocycles. The Hall–Kier alpha value is -0.710. The van der Waals surface area contributed by atoms with Crippen molar-refractivity contribution in [2.24, 2.45) is 5.73 Å². The first kappa shape index (κ1) is 12.7. The summed E-state index contributed by atoms with van der Waals surface area (Å²) in [5.41, 5.74) is 8.26. The third-order valence-electron chi connectivity index (χ3n) is 2.71. The van der Waals surface area contributed by atoms with E-state index in [0.29, 0.717) is 4.47 Å². The molecule has 0 bridgehead atoms. The third kappa shape index (κ3) is 2.59. The second kappa shape index (κ2) is 4.88. The van der Waals surface area contributed by atoms with E-state index >= 15 is 0 Å².